The molecular formula is C16H25NO. The second-order valence-electron chi connectivity index (χ2n) is 5.60. The van der Waals surface area contributed by atoms with Crippen LogP contribution in [0.5, 0.6) is 5.75 Å². The third-order valence-corrected chi connectivity index (χ3v) is 3.98. The lowest BCUT2D eigenvalue weighted by molar-refractivity contribution is 0.280. The van der Waals surface area contributed by atoms with E-state index in [1.54, 1.807) is 0 Å². The number of hydrogen-bond donors (Lipinski definition) is 1. The Kier molecular flexibility index (Phi) is 4.51. The van der Waals surface area contributed by atoms with Crippen molar-refractivity contribution in [2.24, 2.45) is 11.8 Å². The van der Waals surface area contributed by atoms with Crippen LogP contribution in [0.4, 0.5) is 5.69 Å². The molecule has 0 heterocycles. The molecule has 0 aromatic heterocycles. The van der Waals surface area contributed by atoms with E-state index in [0.717, 1.165) is 24.2 Å². The molecule has 100 valence electrons. The van der Waals surface area contributed by atoms with Crippen molar-refractivity contribution in [3.63, 3.8) is 0 Å². The highest BCUT2D eigenvalue weighted by Gasteiger charge is 2.25. The summed E-state index contributed by atoms with van der Waals surface area (Å²) in [6.45, 7) is 7.46. The number of anilines is 1. The van der Waals surface area contributed by atoms with Crippen LogP contribution in [0.25, 0.3) is 0 Å². The zero-order valence-corrected chi connectivity index (χ0v) is 11.8. The van der Waals surface area contributed by atoms with Gasteiger partial charge in [0, 0.05) is 11.7 Å². The van der Waals surface area contributed by atoms with E-state index >= 15 is 0 Å². The van der Waals surface area contributed by atoms with Gasteiger partial charge in [0.25, 0.3) is 0 Å². The SMILES string of the molecule is CCOc1ccc(NC2CC(C)CCC2C)cc1. The molecule has 1 aliphatic carbocycles. The van der Waals surface area contributed by atoms with E-state index in [4.69, 9.17) is 4.74 Å². The van der Waals surface area contributed by atoms with Gasteiger partial charge in [0.15, 0.2) is 0 Å². The second-order valence-corrected chi connectivity index (χ2v) is 5.60. The summed E-state index contributed by atoms with van der Waals surface area (Å²) in [7, 11) is 0. The van der Waals surface area contributed by atoms with Crippen molar-refractivity contribution in [2.45, 2.75) is 46.1 Å². The number of ether oxygens (including phenoxy) is 1. The van der Waals surface area contributed by atoms with Gasteiger partial charge in [-0.05, 0) is 55.9 Å². The lowest BCUT2D eigenvalue weighted by Gasteiger charge is -2.34. The molecule has 0 amide bonds. The van der Waals surface area contributed by atoms with Crippen LogP contribution >= 0.6 is 0 Å². The quantitative estimate of drug-likeness (QED) is 0.855. The average Bonchev–Trinajstić information content (AvgIpc) is 2.37. The third kappa shape index (κ3) is 3.41. The van der Waals surface area contributed by atoms with Crippen LogP contribution < -0.4 is 10.1 Å². The minimum atomic E-state index is 0.617. The summed E-state index contributed by atoms with van der Waals surface area (Å²) < 4.78 is 5.46. The summed E-state index contributed by atoms with van der Waals surface area (Å²) in [5.41, 5.74) is 1.21. The molecule has 0 aliphatic heterocycles. The van der Waals surface area contributed by atoms with Crippen molar-refractivity contribution in [1.82, 2.24) is 0 Å². The lowest BCUT2D eigenvalue weighted by Crippen LogP contribution is -2.33. The maximum absolute atomic E-state index is 5.46. The molecule has 2 heteroatoms. The van der Waals surface area contributed by atoms with Gasteiger partial charge in [0.2, 0.25) is 0 Å². The Morgan fingerprint density at radius 2 is 1.89 bits per heavy atom. The Hall–Kier alpha value is -1.18. The number of rotatable bonds is 4. The Morgan fingerprint density at radius 3 is 2.56 bits per heavy atom. The molecular weight excluding hydrogens is 222 g/mol. The van der Waals surface area contributed by atoms with Crippen LogP contribution in [-0.4, -0.2) is 12.6 Å². The molecule has 2 rings (SSSR count). The van der Waals surface area contributed by atoms with Gasteiger partial charge in [-0.1, -0.05) is 20.3 Å². The number of nitrogens with one attached hydrogen (secondary N) is 1. The van der Waals surface area contributed by atoms with Crippen LogP contribution in [0.15, 0.2) is 24.3 Å². The van der Waals surface area contributed by atoms with Gasteiger partial charge in [0.05, 0.1) is 6.61 Å². The highest BCUT2D eigenvalue weighted by Crippen LogP contribution is 2.30. The van der Waals surface area contributed by atoms with E-state index in [1.807, 2.05) is 19.1 Å². The van der Waals surface area contributed by atoms with Gasteiger partial charge in [-0.25, -0.2) is 0 Å². The molecule has 3 unspecified atom stereocenters. The monoisotopic (exact) mass is 247 g/mol. The summed E-state index contributed by atoms with van der Waals surface area (Å²) in [6.07, 6.45) is 4.01. The summed E-state index contributed by atoms with van der Waals surface area (Å²) >= 11 is 0. The van der Waals surface area contributed by atoms with Crippen molar-refractivity contribution in [2.75, 3.05) is 11.9 Å². The Labute approximate surface area is 111 Å². The molecule has 0 bridgehead atoms. The first kappa shape index (κ1) is 13.3. The van der Waals surface area contributed by atoms with E-state index in [1.165, 1.54) is 24.9 Å². The van der Waals surface area contributed by atoms with Gasteiger partial charge in [0.1, 0.15) is 5.75 Å². The van der Waals surface area contributed by atoms with Crippen molar-refractivity contribution in [3.8, 4) is 5.75 Å². The predicted molar refractivity (Wildman–Crippen MR) is 77.2 cm³/mol. The minimum Gasteiger partial charge on any atom is -0.494 e. The van der Waals surface area contributed by atoms with Gasteiger partial charge < -0.3 is 10.1 Å². The molecule has 1 fully saturated rings. The fourth-order valence-electron chi connectivity index (χ4n) is 2.76. The smallest absolute Gasteiger partial charge is 0.119 e. The van der Waals surface area contributed by atoms with Crippen LogP contribution in [-0.2, 0) is 0 Å². The Morgan fingerprint density at radius 1 is 1.17 bits per heavy atom. The van der Waals surface area contributed by atoms with Crippen molar-refractivity contribution >= 4 is 5.69 Å². The Balaban J connectivity index is 1.95. The van der Waals surface area contributed by atoms with Crippen LogP contribution in [0.2, 0.25) is 0 Å². The fourth-order valence-corrected chi connectivity index (χ4v) is 2.76. The van der Waals surface area contributed by atoms with E-state index in [0.29, 0.717) is 6.04 Å². The molecule has 1 aromatic rings. The molecule has 0 radical (unpaired) electrons. The topological polar surface area (TPSA) is 21.3 Å². The molecule has 1 saturated carbocycles. The summed E-state index contributed by atoms with van der Waals surface area (Å²) in [4.78, 5) is 0. The highest BCUT2D eigenvalue weighted by molar-refractivity contribution is 5.47. The summed E-state index contributed by atoms with van der Waals surface area (Å²) in [5.74, 6) is 2.57. The van der Waals surface area contributed by atoms with E-state index in [-0.39, 0.29) is 0 Å². The van der Waals surface area contributed by atoms with E-state index in [9.17, 15) is 0 Å². The predicted octanol–water partition coefficient (Wildman–Crippen LogP) is 4.32. The molecule has 0 spiro atoms. The number of hydrogen-bond acceptors (Lipinski definition) is 2. The van der Waals surface area contributed by atoms with Crippen molar-refractivity contribution in [3.05, 3.63) is 24.3 Å². The van der Waals surface area contributed by atoms with Gasteiger partial charge >= 0.3 is 0 Å². The molecule has 1 aromatic carbocycles. The molecule has 18 heavy (non-hydrogen) atoms. The number of benzene rings is 1. The van der Waals surface area contributed by atoms with Gasteiger partial charge in [-0.2, -0.15) is 0 Å². The fraction of sp³-hybridized carbons (Fsp3) is 0.625. The molecule has 1 N–H and O–H groups in total. The first-order valence-corrected chi connectivity index (χ1v) is 7.18. The van der Waals surface area contributed by atoms with E-state index < -0.39 is 0 Å². The second kappa shape index (κ2) is 6.12. The molecule has 3 atom stereocenters. The van der Waals surface area contributed by atoms with Gasteiger partial charge in [-0.15, -0.1) is 0 Å². The Bertz CT molecular complexity index is 360. The van der Waals surface area contributed by atoms with Crippen LogP contribution in [0, 0.1) is 11.8 Å². The zero-order chi connectivity index (χ0) is 13.0. The maximum Gasteiger partial charge on any atom is 0.119 e. The normalized spacial score (nSPS) is 27.8. The third-order valence-electron chi connectivity index (χ3n) is 3.98. The van der Waals surface area contributed by atoms with Gasteiger partial charge in [-0.3, -0.25) is 0 Å². The highest BCUT2D eigenvalue weighted by atomic mass is 16.5. The molecule has 2 nitrogen and oxygen atoms in total. The first-order chi connectivity index (χ1) is 8.69. The van der Waals surface area contributed by atoms with Crippen LogP contribution in [0.1, 0.15) is 40.0 Å². The zero-order valence-electron chi connectivity index (χ0n) is 11.8. The average molecular weight is 247 g/mol. The van der Waals surface area contributed by atoms with E-state index in [2.05, 4.69) is 31.3 Å². The molecule has 1 aliphatic rings. The lowest BCUT2D eigenvalue weighted by atomic mass is 9.80. The molecule has 0 saturated heterocycles. The minimum absolute atomic E-state index is 0.617. The largest absolute Gasteiger partial charge is 0.494 e. The standard InChI is InChI=1S/C16H25NO/c1-4-18-15-9-7-14(8-10-15)17-16-11-12(2)5-6-13(16)3/h7-10,12-13,16-17H,4-6,11H2,1-3H3. The van der Waals surface area contributed by atoms with Crippen LogP contribution in [0.3, 0.4) is 0 Å². The summed E-state index contributed by atoms with van der Waals surface area (Å²) in [6, 6.07) is 8.95. The first-order valence-electron chi connectivity index (χ1n) is 7.18. The maximum atomic E-state index is 5.46. The van der Waals surface area contributed by atoms with Crippen molar-refractivity contribution in [1.29, 1.82) is 0 Å². The van der Waals surface area contributed by atoms with Crippen molar-refractivity contribution < 1.29 is 4.74 Å². The summed E-state index contributed by atoms with van der Waals surface area (Å²) in [5, 5.41) is 3.67.